The third-order valence-electron chi connectivity index (χ3n) is 6.96. The Morgan fingerprint density at radius 1 is 1.03 bits per heavy atom. The van der Waals surface area contributed by atoms with Gasteiger partial charge in [0.05, 0.1) is 24.6 Å². The normalized spacial score (nSPS) is 17.2. The van der Waals surface area contributed by atoms with Crippen LogP contribution in [0.15, 0.2) is 65.2 Å². The summed E-state index contributed by atoms with van der Waals surface area (Å²) >= 11 is 0. The van der Waals surface area contributed by atoms with Gasteiger partial charge in [0.25, 0.3) is 0 Å². The summed E-state index contributed by atoms with van der Waals surface area (Å²) in [7, 11) is 0. The number of allylic oxidation sites excluding steroid dienone is 2. The first-order valence-electron chi connectivity index (χ1n) is 12.8. The molecular formula is C29H30N4O4. The molecule has 2 saturated heterocycles. The number of ether oxygens (including phenoxy) is 2. The Bertz CT molecular complexity index is 1440. The number of anilines is 1. The van der Waals surface area contributed by atoms with Crippen LogP contribution in [0.5, 0.6) is 0 Å². The Morgan fingerprint density at radius 2 is 1.84 bits per heavy atom. The third-order valence-corrected chi connectivity index (χ3v) is 6.96. The molecule has 37 heavy (non-hydrogen) atoms. The van der Waals surface area contributed by atoms with Gasteiger partial charge < -0.3 is 18.8 Å². The first kappa shape index (κ1) is 23.6. The molecule has 5 heterocycles. The molecule has 0 aliphatic carbocycles. The molecule has 0 atom stereocenters. The molecule has 0 unspecified atom stereocenters. The smallest absolute Gasteiger partial charge is 0.220 e. The number of hydrogen-bond donors (Lipinski definition) is 0. The maximum Gasteiger partial charge on any atom is 0.220 e. The van der Waals surface area contributed by atoms with Crippen molar-refractivity contribution in [3.05, 3.63) is 72.1 Å². The van der Waals surface area contributed by atoms with Gasteiger partial charge in [0.2, 0.25) is 5.78 Å². The standard InChI is InChI=1S/C29H30N4O4/c1-20-3-2-4-22(17-20)23-7-10-33(31-23)28-19-25(32-11-15-36-16-12-32)29-24(30-28)18-27(37-29)26(34)6-5-21-8-13-35-14-9-21/h2-7,10,17-19,21H,8-9,11-16H2,1H3/b6-5+. The van der Waals surface area contributed by atoms with Crippen LogP contribution in [0.2, 0.25) is 0 Å². The van der Waals surface area contributed by atoms with Gasteiger partial charge in [0.15, 0.2) is 17.2 Å². The number of carbonyl (C=O) groups excluding carboxylic acids is 1. The molecule has 0 radical (unpaired) electrons. The molecule has 8 heteroatoms. The summed E-state index contributed by atoms with van der Waals surface area (Å²) in [6.07, 6.45) is 7.40. The summed E-state index contributed by atoms with van der Waals surface area (Å²) in [5.41, 5.74) is 5.25. The number of carbonyl (C=O) groups is 1. The quantitative estimate of drug-likeness (QED) is 0.274. The summed E-state index contributed by atoms with van der Waals surface area (Å²) in [5, 5.41) is 4.80. The molecule has 2 aliphatic heterocycles. The maximum absolute atomic E-state index is 13.0. The van der Waals surface area contributed by atoms with Crippen molar-refractivity contribution < 1.29 is 18.7 Å². The average Bonchev–Trinajstić information content (AvgIpc) is 3.60. The monoisotopic (exact) mass is 498 g/mol. The molecule has 2 aliphatic rings. The summed E-state index contributed by atoms with van der Waals surface area (Å²) in [4.78, 5) is 20.1. The minimum absolute atomic E-state index is 0.153. The topological polar surface area (TPSA) is 82.6 Å². The van der Waals surface area contributed by atoms with Crippen molar-refractivity contribution in [2.75, 3.05) is 44.4 Å². The molecule has 1 aromatic carbocycles. The second-order valence-corrected chi connectivity index (χ2v) is 9.61. The SMILES string of the molecule is Cc1cccc(-c2ccn(-c3cc(N4CCOCC4)c4oc(C(=O)/C=C/C5CCOCC5)cc4n3)n2)c1. The fraction of sp³-hybridized carbons (Fsp3) is 0.345. The number of ketones is 1. The van der Waals surface area contributed by atoms with Crippen molar-refractivity contribution in [2.45, 2.75) is 19.8 Å². The molecular weight excluding hydrogens is 468 g/mol. The highest BCUT2D eigenvalue weighted by Crippen LogP contribution is 2.32. The largest absolute Gasteiger partial charge is 0.449 e. The van der Waals surface area contributed by atoms with Crippen LogP contribution in [0.1, 0.15) is 29.0 Å². The Kier molecular flexibility index (Phi) is 6.59. The zero-order valence-corrected chi connectivity index (χ0v) is 20.9. The van der Waals surface area contributed by atoms with Gasteiger partial charge in [-0.2, -0.15) is 5.10 Å². The molecule has 0 spiro atoms. The van der Waals surface area contributed by atoms with Crippen molar-refractivity contribution in [3.8, 4) is 17.1 Å². The molecule has 190 valence electrons. The highest BCUT2D eigenvalue weighted by molar-refractivity contribution is 6.05. The first-order chi connectivity index (χ1) is 18.1. The molecule has 0 amide bonds. The zero-order valence-electron chi connectivity index (χ0n) is 20.9. The lowest BCUT2D eigenvalue weighted by Gasteiger charge is -2.28. The van der Waals surface area contributed by atoms with E-state index in [1.807, 2.05) is 30.5 Å². The highest BCUT2D eigenvalue weighted by Gasteiger charge is 2.22. The minimum atomic E-state index is -0.153. The summed E-state index contributed by atoms with van der Waals surface area (Å²) in [6, 6.07) is 14.0. The van der Waals surface area contributed by atoms with Crippen LogP contribution < -0.4 is 4.90 Å². The molecule has 2 fully saturated rings. The lowest BCUT2D eigenvalue weighted by Crippen LogP contribution is -2.36. The Balaban J connectivity index is 1.36. The second-order valence-electron chi connectivity index (χ2n) is 9.61. The molecule has 0 bridgehead atoms. The lowest BCUT2D eigenvalue weighted by atomic mass is 9.99. The van der Waals surface area contributed by atoms with E-state index in [-0.39, 0.29) is 5.78 Å². The average molecular weight is 499 g/mol. The van der Waals surface area contributed by atoms with Gasteiger partial charge in [-0.15, -0.1) is 0 Å². The summed E-state index contributed by atoms with van der Waals surface area (Å²) in [5.74, 6) is 1.17. The number of aryl methyl sites for hydroxylation is 1. The number of aromatic nitrogens is 3. The van der Waals surface area contributed by atoms with Crippen molar-refractivity contribution in [1.82, 2.24) is 14.8 Å². The van der Waals surface area contributed by atoms with Crippen molar-refractivity contribution in [1.29, 1.82) is 0 Å². The van der Waals surface area contributed by atoms with Gasteiger partial charge in [-0.25, -0.2) is 9.67 Å². The van der Waals surface area contributed by atoms with Gasteiger partial charge >= 0.3 is 0 Å². The molecule has 0 saturated carbocycles. The van der Waals surface area contributed by atoms with E-state index in [9.17, 15) is 4.79 Å². The fourth-order valence-corrected chi connectivity index (χ4v) is 4.89. The predicted molar refractivity (Wildman–Crippen MR) is 141 cm³/mol. The second kappa shape index (κ2) is 10.3. The van der Waals surface area contributed by atoms with Gasteiger partial charge in [-0.1, -0.05) is 29.8 Å². The minimum Gasteiger partial charge on any atom is -0.449 e. The van der Waals surface area contributed by atoms with Crippen LogP contribution in [0, 0.1) is 12.8 Å². The zero-order chi connectivity index (χ0) is 25.2. The van der Waals surface area contributed by atoms with Crippen LogP contribution >= 0.6 is 0 Å². The van der Waals surface area contributed by atoms with Gasteiger partial charge in [-0.05, 0) is 43.9 Å². The summed E-state index contributed by atoms with van der Waals surface area (Å²) < 4.78 is 18.9. The lowest BCUT2D eigenvalue weighted by molar-refractivity contribution is 0.0782. The van der Waals surface area contributed by atoms with E-state index >= 15 is 0 Å². The van der Waals surface area contributed by atoms with E-state index in [1.54, 1.807) is 16.8 Å². The van der Waals surface area contributed by atoms with Crippen molar-refractivity contribution >= 4 is 22.6 Å². The molecule has 6 rings (SSSR count). The van der Waals surface area contributed by atoms with Crippen molar-refractivity contribution in [3.63, 3.8) is 0 Å². The van der Waals surface area contributed by atoms with Crippen molar-refractivity contribution in [2.24, 2.45) is 5.92 Å². The maximum atomic E-state index is 13.0. The van der Waals surface area contributed by atoms with Crippen LogP contribution in [-0.2, 0) is 9.47 Å². The van der Waals surface area contributed by atoms with E-state index in [0.717, 1.165) is 56.1 Å². The number of morpholine rings is 1. The summed E-state index contributed by atoms with van der Waals surface area (Å²) in [6.45, 7) is 6.29. The Morgan fingerprint density at radius 3 is 2.65 bits per heavy atom. The van der Waals surface area contributed by atoms with Gasteiger partial charge in [-0.3, -0.25) is 4.79 Å². The first-order valence-corrected chi connectivity index (χ1v) is 12.8. The van der Waals surface area contributed by atoms with Crippen LogP contribution in [0.25, 0.3) is 28.2 Å². The van der Waals surface area contributed by atoms with E-state index in [2.05, 4.69) is 30.0 Å². The number of nitrogens with zero attached hydrogens (tertiary/aromatic N) is 4. The Labute approximate surface area is 215 Å². The van der Waals surface area contributed by atoms with E-state index in [0.29, 0.717) is 41.8 Å². The predicted octanol–water partition coefficient (Wildman–Crippen LogP) is 4.99. The van der Waals surface area contributed by atoms with Crippen LogP contribution in [0.4, 0.5) is 5.69 Å². The molecule has 8 nitrogen and oxygen atoms in total. The fourth-order valence-electron chi connectivity index (χ4n) is 4.89. The number of pyridine rings is 1. The molecule has 0 N–H and O–H groups in total. The number of hydrogen-bond acceptors (Lipinski definition) is 7. The van der Waals surface area contributed by atoms with Gasteiger partial charge in [0, 0.05) is 50.2 Å². The van der Waals surface area contributed by atoms with Gasteiger partial charge in [0.1, 0.15) is 5.52 Å². The Hall–Kier alpha value is -3.75. The third kappa shape index (κ3) is 5.08. The van der Waals surface area contributed by atoms with E-state index < -0.39 is 0 Å². The number of benzene rings is 1. The number of fused-ring (bicyclic) bond motifs is 1. The number of rotatable bonds is 6. The molecule has 3 aromatic heterocycles. The molecule has 4 aromatic rings. The van der Waals surface area contributed by atoms with E-state index in [1.165, 1.54) is 5.56 Å². The van der Waals surface area contributed by atoms with Crippen LogP contribution in [0.3, 0.4) is 0 Å². The highest BCUT2D eigenvalue weighted by atomic mass is 16.5. The van der Waals surface area contributed by atoms with Crippen LogP contribution in [-0.4, -0.2) is 60.1 Å². The van der Waals surface area contributed by atoms with E-state index in [4.69, 9.17) is 24.0 Å². The number of furan rings is 1.